The monoisotopic (exact) mass is 397 g/mol. The third kappa shape index (κ3) is 5.87. The summed E-state index contributed by atoms with van der Waals surface area (Å²) in [6.45, 7) is 5.89. The molecular weight excluding hydrogens is 366 g/mol. The normalized spacial score (nSPS) is 14.6. The Bertz CT molecular complexity index is 788. The van der Waals surface area contributed by atoms with Crippen molar-refractivity contribution in [1.29, 1.82) is 0 Å². The lowest BCUT2D eigenvalue weighted by molar-refractivity contribution is 0.0996. The maximum absolute atomic E-state index is 11.4. The molecule has 2 N–H and O–H groups in total. The van der Waals surface area contributed by atoms with E-state index in [1.165, 1.54) is 5.69 Å². The number of piperazine rings is 1. The molecular formula is C23H31N3O3. The number of unbranched alkanes of at least 4 members (excludes halogenated alkanes) is 2. The number of nitrogens with zero attached hydrogens (tertiary/aromatic N) is 2. The van der Waals surface area contributed by atoms with Crippen LogP contribution in [0.1, 0.15) is 29.6 Å². The number of primary amides is 1. The number of hydrogen-bond donors (Lipinski definition) is 1. The van der Waals surface area contributed by atoms with Crippen molar-refractivity contribution in [3.8, 4) is 11.5 Å². The number of hydrogen-bond acceptors (Lipinski definition) is 5. The zero-order chi connectivity index (χ0) is 20.5. The van der Waals surface area contributed by atoms with E-state index < -0.39 is 5.91 Å². The fourth-order valence-corrected chi connectivity index (χ4v) is 3.70. The Morgan fingerprint density at radius 1 is 0.931 bits per heavy atom. The van der Waals surface area contributed by atoms with Crippen LogP contribution in [0.3, 0.4) is 0 Å². The summed E-state index contributed by atoms with van der Waals surface area (Å²) in [5.41, 5.74) is 7.01. The molecule has 3 rings (SSSR count). The first kappa shape index (κ1) is 21.0. The van der Waals surface area contributed by atoms with Crippen molar-refractivity contribution < 1.29 is 14.3 Å². The fourth-order valence-electron chi connectivity index (χ4n) is 3.70. The summed E-state index contributed by atoms with van der Waals surface area (Å²) in [5, 5.41) is 0. The fraction of sp³-hybridized carbons (Fsp3) is 0.435. The summed E-state index contributed by atoms with van der Waals surface area (Å²) < 4.78 is 11.2. The van der Waals surface area contributed by atoms with Crippen molar-refractivity contribution >= 4 is 11.6 Å². The van der Waals surface area contributed by atoms with Crippen molar-refractivity contribution in [1.82, 2.24) is 4.90 Å². The van der Waals surface area contributed by atoms with Crippen LogP contribution in [-0.2, 0) is 0 Å². The van der Waals surface area contributed by atoms with Crippen molar-refractivity contribution in [2.75, 3.05) is 51.3 Å². The molecule has 29 heavy (non-hydrogen) atoms. The first-order valence-electron chi connectivity index (χ1n) is 10.3. The minimum absolute atomic E-state index is 0.445. The van der Waals surface area contributed by atoms with Crippen LogP contribution in [0.2, 0.25) is 0 Å². The van der Waals surface area contributed by atoms with E-state index in [1.807, 2.05) is 18.2 Å². The van der Waals surface area contributed by atoms with Crippen molar-refractivity contribution in [3.63, 3.8) is 0 Å². The molecule has 2 aromatic carbocycles. The van der Waals surface area contributed by atoms with Gasteiger partial charge in [-0.05, 0) is 50.1 Å². The van der Waals surface area contributed by atoms with Gasteiger partial charge in [0.2, 0.25) is 0 Å². The second-order valence-corrected chi connectivity index (χ2v) is 7.27. The third-order valence-electron chi connectivity index (χ3n) is 5.33. The lowest BCUT2D eigenvalue weighted by Gasteiger charge is -2.36. The second-order valence-electron chi connectivity index (χ2n) is 7.27. The van der Waals surface area contributed by atoms with Gasteiger partial charge in [0.1, 0.15) is 11.5 Å². The summed E-state index contributed by atoms with van der Waals surface area (Å²) in [6.07, 6.45) is 3.22. The summed E-state index contributed by atoms with van der Waals surface area (Å²) in [4.78, 5) is 16.3. The molecule has 1 amide bonds. The minimum atomic E-state index is -0.451. The maximum atomic E-state index is 11.4. The molecule has 0 spiro atoms. The molecule has 1 fully saturated rings. The lowest BCUT2D eigenvalue weighted by atomic mass is 10.2. The van der Waals surface area contributed by atoms with E-state index >= 15 is 0 Å². The first-order valence-corrected chi connectivity index (χ1v) is 10.3. The van der Waals surface area contributed by atoms with E-state index in [2.05, 4.69) is 21.9 Å². The van der Waals surface area contributed by atoms with Crippen LogP contribution in [0.25, 0.3) is 0 Å². The highest BCUT2D eigenvalue weighted by atomic mass is 16.5. The number of ether oxygens (including phenoxy) is 2. The van der Waals surface area contributed by atoms with Gasteiger partial charge in [-0.1, -0.05) is 24.3 Å². The highest BCUT2D eigenvalue weighted by Gasteiger charge is 2.19. The molecule has 1 aliphatic rings. The van der Waals surface area contributed by atoms with Crippen LogP contribution in [0.15, 0.2) is 48.5 Å². The molecule has 0 saturated carbocycles. The highest BCUT2D eigenvalue weighted by Crippen LogP contribution is 2.28. The molecule has 0 unspecified atom stereocenters. The number of anilines is 1. The van der Waals surface area contributed by atoms with Gasteiger partial charge < -0.3 is 20.1 Å². The predicted molar refractivity (Wildman–Crippen MR) is 116 cm³/mol. The SMILES string of the molecule is COc1ccccc1N1CCN(CCCCCOc2ccccc2C(N)=O)CC1. The van der Waals surface area contributed by atoms with Crippen LogP contribution < -0.4 is 20.1 Å². The molecule has 0 radical (unpaired) electrons. The van der Waals surface area contributed by atoms with Gasteiger partial charge in [0, 0.05) is 26.2 Å². The molecule has 1 heterocycles. The summed E-state index contributed by atoms with van der Waals surface area (Å²) in [7, 11) is 1.73. The van der Waals surface area contributed by atoms with Gasteiger partial charge in [-0.3, -0.25) is 9.69 Å². The van der Waals surface area contributed by atoms with Crippen LogP contribution in [0, 0.1) is 0 Å². The molecule has 2 aromatic rings. The largest absolute Gasteiger partial charge is 0.495 e. The molecule has 0 atom stereocenters. The number of rotatable bonds is 10. The topological polar surface area (TPSA) is 68.0 Å². The minimum Gasteiger partial charge on any atom is -0.495 e. The van der Waals surface area contributed by atoms with Gasteiger partial charge in [0.25, 0.3) is 5.91 Å². The van der Waals surface area contributed by atoms with Crippen LogP contribution in [0.4, 0.5) is 5.69 Å². The molecule has 6 nitrogen and oxygen atoms in total. The van der Waals surface area contributed by atoms with E-state index in [4.69, 9.17) is 15.2 Å². The molecule has 1 aliphatic heterocycles. The van der Waals surface area contributed by atoms with Gasteiger partial charge >= 0.3 is 0 Å². The Balaban J connectivity index is 1.32. The zero-order valence-electron chi connectivity index (χ0n) is 17.2. The van der Waals surface area contributed by atoms with Gasteiger partial charge in [-0.15, -0.1) is 0 Å². The van der Waals surface area contributed by atoms with E-state index in [-0.39, 0.29) is 0 Å². The van der Waals surface area contributed by atoms with E-state index in [1.54, 1.807) is 25.3 Å². The quantitative estimate of drug-likeness (QED) is 0.624. The van der Waals surface area contributed by atoms with Crippen LogP contribution in [-0.4, -0.2) is 57.2 Å². The van der Waals surface area contributed by atoms with Crippen LogP contribution in [0.5, 0.6) is 11.5 Å². The average molecular weight is 398 g/mol. The number of para-hydroxylation sites is 3. The van der Waals surface area contributed by atoms with Gasteiger partial charge in [0.05, 0.1) is 25.0 Å². The van der Waals surface area contributed by atoms with Crippen molar-refractivity contribution in [2.24, 2.45) is 5.73 Å². The molecule has 0 aromatic heterocycles. The Kier molecular flexibility index (Phi) is 7.76. The second kappa shape index (κ2) is 10.7. The molecule has 0 bridgehead atoms. The smallest absolute Gasteiger partial charge is 0.252 e. The van der Waals surface area contributed by atoms with Gasteiger partial charge in [-0.2, -0.15) is 0 Å². The number of amides is 1. The summed E-state index contributed by atoms with van der Waals surface area (Å²) in [6, 6.07) is 15.4. The Hall–Kier alpha value is -2.73. The molecule has 6 heteroatoms. The maximum Gasteiger partial charge on any atom is 0.252 e. The van der Waals surface area contributed by atoms with Crippen LogP contribution >= 0.6 is 0 Å². The molecule has 0 aliphatic carbocycles. The first-order chi connectivity index (χ1) is 14.2. The number of methoxy groups -OCH3 is 1. The Labute approximate surface area is 173 Å². The summed E-state index contributed by atoms with van der Waals surface area (Å²) >= 11 is 0. The molecule has 156 valence electrons. The van der Waals surface area contributed by atoms with E-state index in [0.717, 1.165) is 57.7 Å². The third-order valence-corrected chi connectivity index (χ3v) is 5.33. The van der Waals surface area contributed by atoms with Crippen molar-refractivity contribution in [3.05, 3.63) is 54.1 Å². The number of carbonyl (C=O) groups excluding carboxylic acids is 1. The van der Waals surface area contributed by atoms with E-state index in [9.17, 15) is 4.79 Å². The molecule has 1 saturated heterocycles. The van der Waals surface area contributed by atoms with Gasteiger partial charge in [0.15, 0.2) is 0 Å². The average Bonchev–Trinajstić information content (AvgIpc) is 2.76. The Morgan fingerprint density at radius 2 is 1.62 bits per heavy atom. The lowest BCUT2D eigenvalue weighted by Crippen LogP contribution is -2.46. The zero-order valence-corrected chi connectivity index (χ0v) is 17.2. The number of carbonyl (C=O) groups is 1. The standard InChI is InChI=1S/C23H31N3O3/c1-28-22-12-6-4-10-20(22)26-16-14-25(15-17-26)13-7-2-8-18-29-21-11-5-3-9-19(21)23(24)27/h3-6,9-12H,2,7-8,13-18H2,1H3,(H2,24,27). The van der Waals surface area contributed by atoms with Gasteiger partial charge in [-0.25, -0.2) is 0 Å². The Morgan fingerprint density at radius 3 is 2.34 bits per heavy atom. The van der Waals surface area contributed by atoms with Crippen molar-refractivity contribution in [2.45, 2.75) is 19.3 Å². The van der Waals surface area contributed by atoms with E-state index in [0.29, 0.717) is 17.9 Å². The highest BCUT2D eigenvalue weighted by molar-refractivity contribution is 5.95. The predicted octanol–water partition coefficient (Wildman–Crippen LogP) is 3.17. The number of benzene rings is 2. The number of nitrogens with two attached hydrogens (primary N) is 1. The summed E-state index contributed by atoms with van der Waals surface area (Å²) in [5.74, 6) is 1.07.